The van der Waals surface area contributed by atoms with Crippen molar-refractivity contribution in [2.45, 2.75) is 40.5 Å². The van der Waals surface area contributed by atoms with Crippen LogP contribution in [0.15, 0.2) is 146 Å². The van der Waals surface area contributed by atoms with Gasteiger partial charge in [0.25, 0.3) is 0 Å². The van der Waals surface area contributed by atoms with E-state index >= 15 is 0 Å². The van der Waals surface area contributed by atoms with Crippen molar-refractivity contribution in [1.29, 1.82) is 0 Å². The number of benzene rings is 3. The van der Waals surface area contributed by atoms with E-state index in [1.807, 2.05) is 32.0 Å². The van der Waals surface area contributed by atoms with Gasteiger partial charge in [-0.1, -0.05) is 66.2 Å². The van der Waals surface area contributed by atoms with Crippen LogP contribution in [0.25, 0.3) is 33.1 Å². The smallest absolute Gasteiger partial charge is 0.418 e. The summed E-state index contributed by atoms with van der Waals surface area (Å²) in [6, 6.07) is 50.7. The molecule has 6 aromatic heterocycles. The predicted octanol–water partition coefficient (Wildman–Crippen LogP) is 12.8. The van der Waals surface area contributed by atoms with Crippen molar-refractivity contribution >= 4 is 99.0 Å². The average molecular weight is 1000 g/mol. The second-order valence-electron chi connectivity index (χ2n) is 14.7. The van der Waals surface area contributed by atoms with Crippen molar-refractivity contribution in [2.24, 2.45) is 0 Å². The first-order valence-electron chi connectivity index (χ1n) is 20.1. The molecule has 0 amide bonds. The van der Waals surface area contributed by atoms with Gasteiger partial charge in [-0.15, -0.1) is 23.2 Å². The van der Waals surface area contributed by atoms with E-state index in [-0.39, 0.29) is 28.3 Å². The zero-order valence-corrected chi connectivity index (χ0v) is 40.1. The van der Waals surface area contributed by atoms with Crippen molar-refractivity contribution in [3.8, 4) is 0 Å². The first kappa shape index (κ1) is 50.9. The van der Waals surface area contributed by atoms with Crippen molar-refractivity contribution in [2.75, 3.05) is 5.34 Å². The number of hydrogen-bond donors (Lipinski definition) is 0. The van der Waals surface area contributed by atoms with Gasteiger partial charge in [-0.25, -0.2) is 29.9 Å². The van der Waals surface area contributed by atoms with E-state index in [0.717, 1.165) is 61.3 Å². The van der Waals surface area contributed by atoms with Crippen molar-refractivity contribution in [1.82, 2.24) is 29.9 Å². The Balaban J connectivity index is 0.000000236. The number of pyridine rings is 6. The molecular weight excluding hydrogens is 960 g/mol. The number of halogens is 7. The third kappa shape index (κ3) is 13.7. The monoisotopic (exact) mass is 1000 g/mol. The van der Waals surface area contributed by atoms with Crippen molar-refractivity contribution < 1.29 is 34.3 Å². The molecule has 0 saturated carbocycles. The Morgan fingerprint density at radius 2 is 0.785 bits per heavy atom. The van der Waals surface area contributed by atoms with E-state index in [2.05, 4.69) is 147 Å². The molecule has 0 radical (unpaired) electrons. The van der Waals surface area contributed by atoms with Gasteiger partial charge in [-0.2, -0.15) is 0 Å². The van der Waals surface area contributed by atoms with E-state index in [0.29, 0.717) is 22.1 Å². The Labute approximate surface area is 402 Å². The summed E-state index contributed by atoms with van der Waals surface area (Å²) < 4.78 is 39.0. The fourth-order valence-electron chi connectivity index (χ4n) is 7.40. The van der Waals surface area contributed by atoms with Gasteiger partial charge in [0.05, 0.1) is 36.3 Å². The molecule has 0 aliphatic heterocycles. The molecule has 9 aromatic rings. The summed E-state index contributed by atoms with van der Waals surface area (Å²) in [6.07, 6.45) is 0. The number of rotatable bonds is 6. The van der Waals surface area contributed by atoms with Gasteiger partial charge < -0.3 is 17.3 Å². The van der Waals surface area contributed by atoms with E-state index in [1.54, 1.807) is 6.07 Å². The van der Waals surface area contributed by atoms with Gasteiger partial charge in [-0.05, 0) is 142 Å². The fourth-order valence-corrected chi connectivity index (χ4v) is 10.1. The first-order chi connectivity index (χ1) is 30.6. The first-order valence-corrected chi connectivity index (χ1v) is 23.0. The van der Waals surface area contributed by atoms with Crippen LogP contribution in [0.4, 0.5) is 17.3 Å². The van der Waals surface area contributed by atoms with Crippen LogP contribution in [0, 0.1) is 34.6 Å². The summed E-state index contributed by atoms with van der Waals surface area (Å²) in [5.74, 6) is -0.345. The topological polar surface area (TPSA) is 77.3 Å². The standard InChI is InChI=1S/C30H25ClN6.C18H15P.CH2Cl2.BF4.Cu/c1-15-12-18(4)32-28-20(15)6-9-23(34-28)27(24-10-7-21-16(2)13-19(5)33-29(21)35-24)25-14-17(3)22-8-11-26(31)37-30(22)36-25;1-4-10-16(11-5-1)19(17-12-6-2-7-13-17)18-14-8-3-9-15-18;2-1-3;2-1(3,4)5;/h6-14,27H,1-5H3;1-15H;1H2;;/q;;;-1;+1/p+1. The maximum absolute atomic E-state index is 9.75. The quantitative estimate of drug-likeness (QED) is 0.0543. The second kappa shape index (κ2) is 23.4. The van der Waals surface area contributed by atoms with E-state index < -0.39 is 15.2 Å². The molecule has 6 heterocycles. The Bertz CT molecular complexity index is 2810. The van der Waals surface area contributed by atoms with Crippen LogP contribution in [0.2, 0.25) is 5.15 Å². The molecule has 65 heavy (non-hydrogen) atoms. The zero-order valence-electron chi connectivity index (χ0n) is 35.8. The van der Waals surface area contributed by atoms with E-state index in [9.17, 15) is 17.3 Å². The minimum absolute atomic E-state index is 0. The molecule has 336 valence electrons. The molecule has 0 aliphatic rings. The van der Waals surface area contributed by atoms with Crippen LogP contribution in [0.5, 0.6) is 0 Å². The molecule has 6 nitrogen and oxygen atoms in total. The third-order valence-corrected chi connectivity index (χ3v) is 12.9. The third-order valence-electron chi connectivity index (χ3n) is 10.00. The molecule has 3 aromatic carbocycles. The molecule has 16 heteroatoms. The van der Waals surface area contributed by atoms with E-state index in [1.165, 1.54) is 15.9 Å². The molecule has 0 fully saturated rings. The molecule has 0 N–H and O–H groups in total. The molecule has 0 atom stereocenters. The van der Waals surface area contributed by atoms with E-state index in [4.69, 9.17) is 59.7 Å². The van der Waals surface area contributed by atoms with Crippen LogP contribution < -0.4 is 15.9 Å². The summed E-state index contributed by atoms with van der Waals surface area (Å²) in [5.41, 5.74) is 9.68. The summed E-state index contributed by atoms with van der Waals surface area (Å²) in [4.78, 5) is 29.0. The molecule has 0 unspecified atom stereocenters. The van der Waals surface area contributed by atoms with Gasteiger partial charge in [0.15, 0.2) is 16.9 Å². The van der Waals surface area contributed by atoms with Gasteiger partial charge in [0, 0.05) is 27.5 Å². The number of nitrogens with zero attached hydrogens (tertiary/aromatic N) is 6. The number of alkyl halides is 2. The summed E-state index contributed by atoms with van der Waals surface area (Å²) in [6.45, 7) is 10.2. The summed E-state index contributed by atoms with van der Waals surface area (Å²) in [7, 11) is -6.88. The fraction of sp³-hybridized carbons (Fsp3) is 0.143. The Kier molecular flexibility index (Phi) is 18.3. The summed E-state index contributed by atoms with van der Waals surface area (Å²) >= 11 is 15.8. The van der Waals surface area contributed by atoms with Gasteiger partial charge in [0.2, 0.25) is 0 Å². The van der Waals surface area contributed by atoms with Crippen LogP contribution in [-0.2, 0) is 17.1 Å². The molecule has 0 bridgehead atoms. The predicted molar refractivity (Wildman–Crippen MR) is 262 cm³/mol. The molecular formula is C49H43BCl3CuF4N6P+. The summed E-state index contributed by atoms with van der Waals surface area (Å²) in [5, 5.41) is 7.93. The van der Waals surface area contributed by atoms with Crippen LogP contribution in [0.1, 0.15) is 51.1 Å². The van der Waals surface area contributed by atoms with Crippen molar-refractivity contribution in [3.05, 3.63) is 196 Å². The SMILES string of the molecule is Cc1cc(C)c2ccc(C(c3ccc4c(C)cc(C)nc4n3)c3cc(C)c4ccc(Cl)nc4n3)nc2n1.ClCCl.F[B-](F)(F)F.[Cu+].c1ccc([PH+](c2ccccc2)c2ccccc2)cc1. The van der Waals surface area contributed by atoms with Gasteiger partial charge in [-0.3, -0.25) is 0 Å². The number of fused-ring (bicyclic) bond motifs is 3. The van der Waals surface area contributed by atoms with Gasteiger partial charge in [0.1, 0.15) is 21.1 Å². The van der Waals surface area contributed by atoms with Crippen LogP contribution in [-0.4, -0.2) is 42.5 Å². The zero-order chi connectivity index (χ0) is 46.0. The van der Waals surface area contributed by atoms with Gasteiger partial charge >= 0.3 is 24.3 Å². The Hall–Kier alpha value is -5.06. The number of aryl methyl sites for hydroxylation is 5. The normalized spacial score (nSPS) is 11.0. The van der Waals surface area contributed by atoms with Crippen molar-refractivity contribution in [3.63, 3.8) is 0 Å². The Morgan fingerprint density at radius 3 is 1.17 bits per heavy atom. The molecule has 0 saturated heterocycles. The maximum atomic E-state index is 9.75. The second-order valence-corrected chi connectivity index (χ2v) is 18.4. The largest absolute Gasteiger partial charge is 1.00 e. The minimum atomic E-state index is -6.00. The molecule has 0 spiro atoms. The molecule has 0 aliphatic carbocycles. The minimum Gasteiger partial charge on any atom is -0.418 e. The van der Waals surface area contributed by atoms with Crippen LogP contribution in [0.3, 0.4) is 0 Å². The maximum Gasteiger partial charge on any atom is 1.00 e. The number of hydrogen-bond acceptors (Lipinski definition) is 6. The number of aromatic nitrogens is 6. The Morgan fingerprint density at radius 1 is 0.462 bits per heavy atom. The van der Waals surface area contributed by atoms with Crippen LogP contribution >= 0.6 is 42.7 Å². The average Bonchev–Trinajstić information content (AvgIpc) is 3.24. The molecule has 9 rings (SSSR count).